The molecule has 0 aliphatic rings. The number of para-hydroxylation sites is 1. The number of hydrogen-bond acceptors (Lipinski definition) is 7. The van der Waals surface area contributed by atoms with E-state index in [-0.39, 0.29) is 22.7 Å². The highest BCUT2D eigenvalue weighted by Crippen LogP contribution is 2.35. The Labute approximate surface area is 205 Å². The first-order chi connectivity index (χ1) is 16.5. The first-order valence-corrected chi connectivity index (χ1v) is 11.6. The SMILES string of the molecule is COc1cc(OC)c(C(=O)CSc2nc3cc(Cl)ccc3c(=O)n2-c2ccccc2)c(OC)c1. The van der Waals surface area contributed by atoms with E-state index in [2.05, 4.69) is 4.98 Å². The number of aromatic nitrogens is 2. The summed E-state index contributed by atoms with van der Waals surface area (Å²) in [6.07, 6.45) is 0. The summed E-state index contributed by atoms with van der Waals surface area (Å²) in [7, 11) is 4.46. The lowest BCUT2D eigenvalue weighted by molar-refractivity contribution is 0.101. The second-order valence-corrected chi connectivity index (χ2v) is 8.53. The smallest absolute Gasteiger partial charge is 0.266 e. The summed E-state index contributed by atoms with van der Waals surface area (Å²) in [6, 6.07) is 17.3. The summed E-state index contributed by atoms with van der Waals surface area (Å²) < 4.78 is 17.6. The van der Waals surface area contributed by atoms with Crippen molar-refractivity contribution < 1.29 is 19.0 Å². The molecule has 0 amide bonds. The van der Waals surface area contributed by atoms with Crippen LogP contribution in [0, 0.1) is 0 Å². The minimum Gasteiger partial charge on any atom is -0.496 e. The number of ketones is 1. The summed E-state index contributed by atoms with van der Waals surface area (Å²) in [5, 5.41) is 1.27. The number of hydrogen-bond donors (Lipinski definition) is 0. The first kappa shape index (κ1) is 23.7. The van der Waals surface area contributed by atoms with E-state index in [1.165, 1.54) is 25.9 Å². The van der Waals surface area contributed by atoms with Gasteiger partial charge in [0.1, 0.15) is 22.8 Å². The van der Waals surface area contributed by atoms with Crippen LogP contribution in [0.15, 0.2) is 70.6 Å². The number of carbonyl (C=O) groups is 1. The zero-order valence-corrected chi connectivity index (χ0v) is 20.3. The topological polar surface area (TPSA) is 79.7 Å². The van der Waals surface area contributed by atoms with Gasteiger partial charge in [0.25, 0.3) is 5.56 Å². The van der Waals surface area contributed by atoms with Gasteiger partial charge in [-0.3, -0.25) is 14.2 Å². The molecule has 9 heteroatoms. The van der Waals surface area contributed by atoms with Crippen LogP contribution in [-0.2, 0) is 0 Å². The van der Waals surface area contributed by atoms with Gasteiger partial charge in [0.05, 0.1) is 43.7 Å². The molecule has 0 aliphatic heterocycles. The van der Waals surface area contributed by atoms with E-state index >= 15 is 0 Å². The quantitative estimate of drug-likeness (QED) is 0.192. The molecule has 4 aromatic rings. The number of benzene rings is 3. The molecule has 34 heavy (non-hydrogen) atoms. The lowest BCUT2D eigenvalue weighted by Crippen LogP contribution is -2.22. The lowest BCUT2D eigenvalue weighted by Gasteiger charge is -2.15. The van der Waals surface area contributed by atoms with Crippen LogP contribution in [0.1, 0.15) is 10.4 Å². The normalized spacial score (nSPS) is 10.8. The monoisotopic (exact) mass is 496 g/mol. The molecule has 0 N–H and O–H groups in total. The minimum absolute atomic E-state index is 0.00953. The Morgan fingerprint density at radius 2 is 1.65 bits per heavy atom. The molecule has 0 bridgehead atoms. The molecule has 7 nitrogen and oxygen atoms in total. The van der Waals surface area contributed by atoms with E-state index in [0.29, 0.717) is 44.0 Å². The highest BCUT2D eigenvalue weighted by Gasteiger charge is 2.22. The molecule has 4 rings (SSSR count). The average molecular weight is 497 g/mol. The Bertz CT molecular complexity index is 1400. The Morgan fingerprint density at radius 1 is 0.971 bits per heavy atom. The molecule has 174 valence electrons. The van der Waals surface area contributed by atoms with Gasteiger partial charge in [-0.2, -0.15) is 0 Å². The van der Waals surface area contributed by atoms with Crippen LogP contribution in [0.3, 0.4) is 0 Å². The number of rotatable bonds is 8. The van der Waals surface area contributed by atoms with Crippen molar-refractivity contribution in [3.63, 3.8) is 0 Å². The molecule has 0 unspecified atom stereocenters. The zero-order chi connectivity index (χ0) is 24.2. The Hall–Kier alpha value is -3.49. The second kappa shape index (κ2) is 10.2. The fraction of sp³-hybridized carbons (Fsp3) is 0.160. The van der Waals surface area contributed by atoms with Crippen molar-refractivity contribution in [2.24, 2.45) is 0 Å². The largest absolute Gasteiger partial charge is 0.496 e. The number of methoxy groups -OCH3 is 3. The van der Waals surface area contributed by atoms with Gasteiger partial charge in [-0.15, -0.1) is 0 Å². The summed E-state index contributed by atoms with van der Waals surface area (Å²) in [5.41, 5.74) is 1.14. The third-order valence-electron chi connectivity index (χ3n) is 5.14. The number of halogens is 1. The first-order valence-electron chi connectivity index (χ1n) is 10.2. The fourth-order valence-corrected chi connectivity index (χ4v) is 4.57. The molecule has 0 atom stereocenters. The number of fused-ring (bicyclic) bond motifs is 1. The van der Waals surface area contributed by atoms with Crippen molar-refractivity contribution in [2.45, 2.75) is 5.16 Å². The van der Waals surface area contributed by atoms with Gasteiger partial charge < -0.3 is 14.2 Å². The molecule has 0 spiro atoms. The molecule has 0 saturated carbocycles. The number of thioether (sulfide) groups is 1. The zero-order valence-electron chi connectivity index (χ0n) is 18.7. The van der Waals surface area contributed by atoms with Crippen molar-refractivity contribution in [1.29, 1.82) is 0 Å². The van der Waals surface area contributed by atoms with E-state index in [1.54, 1.807) is 30.3 Å². The molecule has 1 heterocycles. The van der Waals surface area contributed by atoms with Crippen molar-refractivity contribution in [3.8, 4) is 22.9 Å². The average Bonchev–Trinajstić information content (AvgIpc) is 2.86. The molecule has 0 radical (unpaired) electrons. The summed E-state index contributed by atoms with van der Waals surface area (Å²) in [4.78, 5) is 31.3. The maximum absolute atomic E-state index is 13.4. The van der Waals surface area contributed by atoms with Crippen LogP contribution in [0.25, 0.3) is 16.6 Å². The van der Waals surface area contributed by atoms with Gasteiger partial charge in [-0.1, -0.05) is 41.6 Å². The maximum Gasteiger partial charge on any atom is 0.266 e. The predicted octanol–water partition coefficient (Wildman–Crippen LogP) is 5.04. The van der Waals surface area contributed by atoms with Gasteiger partial charge in [-0.25, -0.2) is 4.98 Å². The number of nitrogens with zero attached hydrogens (tertiary/aromatic N) is 2. The van der Waals surface area contributed by atoms with Crippen LogP contribution in [0.5, 0.6) is 17.2 Å². The lowest BCUT2D eigenvalue weighted by atomic mass is 10.1. The summed E-state index contributed by atoms with van der Waals surface area (Å²) in [6.45, 7) is 0. The van der Waals surface area contributed by atoms with Crippen LogP contribution in [0.2, 0.25) is 5.02 Å². The van der Waals surface area contributed by atoms with E-state index in [1.807, 2.05) is 30.3 Å². The van der Waals surface area contributed by atoms with Crippen LogP contribution in [0.4, 0.5) is 0 Å². The predicted molar refractivity (Wildman–Crippen MR) is 134 cm³/mol. The van der Waals surface area contributed by atoms with Gasteiger partial charge in [0.2, 0.25) is 0 Å². The third kappa shape index (κ3) is 4.60. The van der Waals surface area contributed by atoms with Crippen molar-refractivity contribution in [1.82, 2.24) is 9.55 Å². The maximum atomic E-state index is 13.4. The van der Waals surface area contributed by atoms with E-state index in [0.717, 1.165) is 11.8 Å². The van der Waals surface area contributed by atoms with Gasteiger partial charge in [0.15, 0.2) is 10.9 Å². The highest BCUT2D eigenvalue weighted by molar-refractivity contribution is 7.99. The standard InChI is InChI=1S/C25H21ClN2O5S/c1-31-17-12-21(32-2)23(22(13-17)33-3)20(29)14-34-25-27-19-11-15(26)9-10-18(19)24(30)28(25)16-7-5-4-6-8-16/h4-13H,14H2,1-3H3. The molecule has 3 aromatic carbocycles. The van der Waals surface area contributed by atoms with E-state index < -0.39 is 0 Å². The third-order valence-corrected chi connectivity index (χ3v) is 6.31. The summed E-state index contributed by atoms with van der Waals surface area (Å²) >= 11 is 7.28. The Kier molecular flexibility index (Phi) is 7.09. The number of Topliss-reactive ketones (excluding diaryl/α,β-unsaturated/α-hetero) is 1. The minimum atomic E-state index is -0.249. The van der Waals surface area contributed by atoms with Gasteiger partial charge in [-0.05, 0) is 30.3 Å². The van der Waals surface area contributed by atoms with Gasteiger partial charge >= 0.3 is 0 Å². The summed E-state index contributed by atoms with van der Waals surface area (Å²) in [5.74, 6) is 0.913. The van der Waals surface area contributed by atoms with Crippen LogP contribution in [-0.4, -0.2) is 42.4 Å². The number of carbonyl (C=O) groups excluding carboxylic acids is 1. The number of ether oxygens (including phenoxy) is 3. The second-order valence-electron chi connectivity index (χ2n) is 7.15. The van der Waals surface area contributed by atoms with E-state index in [9.17, 15) is 9.59 Å². The van der Waals surface area contributed by atoms with Crippen molar-refractivity contribution >= 4 is 40.0 Å². The van der Waals surface area contributed by atoms with Crippen molar-refractivity contribution in [2.75, 3.05) is 27.1 Å². The van der Waals surface area contributed by atoms with Crippen LogP contribution < -0.4 is 19.8 Å². The Morgan fingerprint density at radius 3 is 2.26 bits per heavy atom. The van der Waals surface area contributed by atoms with Gasteiger partial charge in [0, 0.05) is 17.2 Å². The van der Waals surface area contributed by atoms with Crippen molar-refractivity contribution in [3.05, 3.63) is 81.6 Å². The Balaban J connectivity index is 1.77. The molecule has 1 aromatic heterocycles. The molecule has 0 saturated heterocycles. The molecular formula is C25H21ClN2O5S. The molecular weight excluding hydrogens is 476 g/mol. The fourth-order valence-electron chi connectivity index (χ4n) is 3.52. The highest BCUT2D eigenvalue weighted by atomic mass is 35.5. The molecule has 0 fully saturated rings. The van der Waals surface area contributed by atoms with Crippen LogP contribution >= 0.6 is 23.4 Å². The molecule has 0 aliphatic carbocycles. The van der Waals surface area contributed by atoms with E-state index in [4.69, 9.17) is 25.8 Å².